The van der Waals surface area contributed by atoms with Crippen LogP contribution in [0.2, 0.25) is 0 Å². The average Bonchev–Trinajstić information content (AvgIpc) is 2.33. The molecule has 1 aliphatic heterocycles. The van der Waals surface area contributed by atoms with Crippen LogP contribution in [-0.2, 0) is 9.84 Å². The smallest absolute Gasteiger partial charge is 0.153 e. The molecule has 1 saturated heterocycles. The lowest BCUT2D eigenvalue weighted by atomic mass is 9.97. The predicted octanol–water partition coefficient (Wildman–Crippen LogP) is 1.94. The van der Waals surface area contributed by atoms with Crippen molar-refractivity contribution in [2.45, 2.75) is 24.5 Å². The molecule has 0 saturated carbocycles. The highest BCUT2D eigenvalue weighted by Crippen LogP contribution is 2.32. The molecule has 3 heteroatoms. The molecule has 0 N–H and O–H groups in total. The Labute approximate surface area is 80.3 Å². The molecule has 13 heavy (non-hydrogen) atoms. The molecule has 0 spiro atoms. The largest absolute Gasteiger partial charge is 0.229 e. The molecule has 2 atom stereocenters. The van der Waals surface area contributed by atoms with Crippen LogP contribution in [0, 0.1) is 5.92 Å². The van der Waals surface area contributed by atoms with Crippen molar-refractivity contribution < 1.29 is 8.42 Å². The fourth-order valence-electron chi connectivity index (χ4n) is 1.93. The van der Waals surface area contributed by atoms with Crippen LogP contribution in [0.5, 0.6) is 0 Å². The van der Waals surface area contributed by atoms with Gasteiger partial charge >= 0.3 is 0 Å². The molecular weight excluding hydrogens is 184 g/mol. The molecule has 0 aliphatic carbocycles. The second kappa shape index (κ2) is 4.09. The second-order valence-corrected chi connectivity index (χ2v) is 5.84. The van der Waals surface area contributed by atoms with Gasteiger partial charge in [-0.15, -0.1) is 13.2 Å². The van der Waals surface area contributed by atoms with Crippen molar-refractivity contribution in [2.24, 2.45) is 5.92 Å². The summed E-state index contributed by atoms with van der Waals surface area (Å²) in [5, 5.41) is -0.206. The van der Waals surface area contributed by atoms with E-state index in [2.05, 4.69) is 13.2 Å². The Hall–Kier alpha value is -0.570. The van der Waals surface area contributed by atoms with Gasteiger partial charge in [0.1, 0.15) is 0 Å². The first-order valence-electron chi connectivity index (χ1n) is 4.55. The van der Waals surface area contributed by atoms with Crippen molar-refractivity contribution in [1.82, 2.24) is 0 Å². The Morgan fingerprint density at radius 2 is 1.85 bits per heavy atom. The van der Waals surface area contributed by atoms with Gasteiger partial charge < -0.3 is 0 Å². The highest BCUT2D eigenvalue weighted by molar-refractivity contribution is 7.92. The van der Waals surface area contributed by atoms with Crippen molar-refractivity contribution in [3.63, 3.8) is 0 Å². The monoisotopic (exact) mass is 200 g/mol. The Bertz CT molecular complexity index is 290. The van der Waals surface area contributed by atoms with Crippen molar-refractivity contribution >= 4 is 9.84 Å². The van der Waals surface area contributed by atoms with Crippen LogP contribution in [0.25, 0.3) is 0 Å². The lowest BCUT2D eigenvalue weighted by Gasteiger charge is -2.14. The summed E-state index contributed by atoms with van der Waals surface area (Å²) in [7, 11) is -2.84. The fourth-order valence-corrected chi connectivity index (χ4v) is 4.13. The van der Waals surface area contributed by atoms with E-state index in [9.17, 15) is 8.42 Å². The van der Waals surface area contributed by atoms with Crippen LogP contribution >= 0.6 is 0 Å². The standard InChI is InChI=1S/C10H16O2S/c1-3-5-9-7-8-13(11,12)10(9)6-4-2/h3-4,9-10H,1-2,5-8H2. The van der Waals surface area contributed by atoms with Gasteiger partial charge in [-0.3, -0.25) is 0 Å². The van der Waals surface area contributed by atoms with Crippen LogP contribution in [0.4, 0.5) is 0 Å². The maximum absolute atomic E-state index is 11.6. The van der Waals surface area contributed by atoms with E-state index < -0.39 is 9.84 Å². The molecule has 0 aromatic heterocycles. The van der Waals surface area contributed by atoms with Crippen LogP contribution in [-0.4, -0.2) is 19.4 Å². The molecule has 74 valence electrons. The summed E-state index contributed by atoms with van der Waals surface area (Å²) in [6, 6.07) is 0. The summed E-state index contributed by atoms with van der Waals surface area (Å²) in [6.45, 7) is 7.24. The van der Waals surface area contributed by atoms with Gasteiger partial charge in [0, 0.05) is 0 Å². The summed E-state index contributed by atoms with van der Waals surface area (Å²) in [4.78, 5) is 0. The van der Waals surface area contributed by atoms with Gasteiger partial charge in [-0.1, -0.05) is 12.2 Å². The predicted molar refractivity (Wildman–Crippen MR) is 55.3 cm³/mol. The van der Waals surface area contributed by atoms with E-state index in [1.54, 1.807) is 6.08 Å². The summed E-state index contributed by atoms with van der Waals surface area (Å²) in [5.74, 6) is 0.602. The topological polar surface area (TPSA) is 34.1 Å². The van der Waals surface area contributed by atoms with Gasteiger partial charge in [-0.05, 0) is 25.2 Å². The third-order valence-corrected chi connectivity index (χ3v) is 4.93. The van der Waals surface area contributed by atoms with Gasteiger partial charge in [0.05, 0.1) is 11.0 Å². The molecule has 0 radical (unpaired) electrons. The molecule has 1 rings (SSSR count). The van der Waals surface area contributed by atoms with Gasteiger partial charge in [0.2, 0.25) is 0 Å². The molecule has 0 amide bonds. The number of hydrogen-bond acceptors (Lipinski definition) is 2. The Morgan fingerprint density at radius 3 is 2.38 bits per heavy atom. The number of allylic oxidation sites excluding steroid dienone is 2. The van der Waals surface area contributed by atoms with Crippen LogP contribution in [0.1, 0.15) is 19.3 Å². The minimum absolute atomic E-state index is 0.206. The van der Waals surface area contributed by atoms with Crippen LogP contribution in [0.15, 0.2) is 25.3 Å². The molecule has 0 aromatic carbocycles. The second-order valence-electron chi connectivity index (χ2n) is 3.50. The maximum atomic E-state index is 11.6. The molecule has 1 heterocycles. The number of rotatable bonds is 4. The molecule has 2 nitrogen and oxygen atoms in total. The molecular formula is C10H16O2S. The van der Waals surface area contributed by atoms with Crippen molar-refractivity contribution in [3.8, 4) is 0 Å². The van der Waals surface area contributed by atoms with Crippen LogP contribution in [0.3, 0.4) is 0 Å². The Balaban J connectivity index is 2.78. The average molecular weight is 200 g/mol. The first kappa shape index (κ1) is 10.5. The first-order valence-corrected chi connectivity index (χ1v) is 6.26. The van der Waals surface area contributed by atoms with E-state index in [1.807, 2.05) is 6.08 Å². The van der Waals surface area contributed by atoms with E-state index >= 15 is 0 Å². The summed E-state index contributed by atoms with van der Waals surface area (Å²) in [6.07, 6.45) is 5.68. The van der Waals surface area contributed by atoms with Crippen LogP contribution < -0.4 is 0 Å². The van der Waals surface area contributed by atoms with E-state index in [0.717, 1.165) is 12.8 Å². The molecule has 1 aliphatic rings. The van der Waals surface area contributed by atoms with Gasteiger partial charge in [-0.25, -0.2) is 8.42 Å². The number of hydrogen-bond donors (Lipinski definition) is 0. The van der Waals surface area contributed by atoms with Crippen molar-refractivity contribution in [3.05, 3.63) is 25.3 Å². The van der Waals surface area contributed by atoms with Gasteiger partial charge in [0.25, 0.3) is 0 Å². The van der Waals surface area contributed by atoms with E-state index in [4.69, 9.17) is 0 Å². The normalized spacial score (nSPS) is 31.4. The van der Waals surface area contributed by atoms with Gasteiger partial charge in [-0.2, -0.15) is 0 Å². The van der Waals surface area contributed by atoms with Crippen molar-refractivity contribution in [1.29, 1.82) is 0 Å². The fraction of sp³-hybridized carbons (Fsp3) is 0.600. The zero-order chi connectivity index (χ0) is 9.90. The number of sulfone groups is 1. The maximum Gasteiger partial charge on any atom is 0.153 e. The highest BCUT2D eigenvalue weighted by atomic mass is 32.2. The SMILES string of the molecule is C=CCC1CCS(=O)(=O)C1CC=C. The Kier molecular flexibility index (Phi) is 3.31. The van der Waals surface area contributed by atoms with E-state index in [-0.39, 0.29) is 11.2 Å². The quantitative estimate of drug-likeness (QED) is 0.650. The Morgan fingerprint density at radius 1 is 1.23 bits per heavy atom. The summed E-state index contributed by atoms with van der Waals surface area (Å²) < 4.78 is 23.1. The minimum atomic E-state index is -2.84. The lowest BCUT2D eigenvalue weighted by Crippen LogP contribution is -2.21. The lowest BCUT2D eigenvalue weighted by molar-refractivity contribution is 0.508. The van der Waals surface area contributed by atoms with Gasteiger partial charge in [0.15, 0.2) is 9.84 Å². The van der Waals surface area contributed by atoms with E-state index in [0.29, 0.717) is 12.2 Å². The van der Waals surface area contributed by atoms with Crippen molar-refractivity contribution in [2.75, 3.05) is 5.75 Å². The zero-order valence-electron chi connectivity index (χ0n) is 7.78. The van der Waals surface area contributed by atoms with E-state index in [1.165, 1.54) is 0 Å². The molecule has 0 bridgehead atoms. The highest BCUT2D eigenvalue weighted by Gasteiger charge is 2.37. The first-order chi connectivity index (χ1) is 6.11. The molecule has 1 fully saturated rings. The third kappa shape index (κ3) is 2.21. The zero-order valence-corrected chi connectivity index (χ0v) is 8.59. The summed E-state index contributed by atoms with van der Waals surface area (Å²) in [5.41, 5.74) is 0. The third-order valence-electron chi connectivity index (χ3n) is 2.63. The minimum Gasteiger partial charge on any atom is -0.229 e. The summed E-state index contributed by atoms with van der Waals surface area (Å²) >= 11 is 0. The molecule has 0 aromatic rings. The molecule has 2 unspecified atom stereocenters.